The Labute approximate surface area is 116 Å². The summed E-state index contributed by atoms with van der Waals surface area (Å²) in [4.78, 5) is 11.6. The number of rotatable bonds is 6. The van der Waals surface area contributed by atoms with Gasteiger partial charge in [0, 0.05) is 0 Å². The molecule has 0 amide bonds. The van der Waals surface area contributed by atoms with E-state index >= 15 is 0 Å². The van der Waals surface area contributed by atoms with Gasteiger partial charge in [0.05, 0.1) is 0 Å². The van der Waals surface area contributed by atoms with Gasteiger partial charge in [0.1, 0.15) is 0 Å². The van der Waals surface area contributed by atoms with Gasteiger partial charge in [-0.1, -0.05) is 0 Å². The zero-order valence-corrected chi connectivity index (χ0v) is 12.8. The molecule has 1 aromatic rings. The summed E-state index contributed by atoms with van der Waals surface area (Å²) in [7, 11) is 0. The molecule has 1 aliphatic rings. The molecule has 0 aromatic heterocycles. The number of Topliss-reactive ketones (excluding diaryl/α,β-unsaturated/α-hetero) is 1. The SMILES string of the molecule is CCCC[Se]C1=C(c2ccccc2)CC1C(C)=O. The maximum absolute atomic E-state index is 11.6. The molecule has 18 heavy (non-hydrogen) atoms. The molecule has 1 aliphatic carbocycles. The van der Waals surface area contributed by atoms with E-state index in [2.05, 4.69) is 31.2 Å². The molecule has 0 fully saturated rings. The molecule has 1 atom stereocenters. The zero-order chi connectivity index (χ0) is 13.0. The topological polar surface area (TPSA) is 17.1 Å². The van der Waals surface area contributed by atoms with E-state index in [1.54, 1.807) is 6.92 Å². The van der Waals surface area contributed by atoms with Crippen molar-refractivity contribution in [2.75, 3.05) is 0 Å². The fourth-order valence-electron chi connectivity index (χ4n) is 2.22. The number of hydrogen-bond acceptors (Lipinski definition) is 1. The zero-order valence-electron chi connectivity index (χ0n) is 11.1. The Hall–Kier alpha value is -0.851. The first kappa shape index (κ1) is 13.6. The van der Waals surface area contributed by atoms with Crippen molar-refractivity contribution in [1.82, 2.24) is 0 Å². The molecule has 1 unspecified atom stereocenters. The summed E-state index contributed by atoms with van der Waals surface area (Å²) < 4.78 is 1.47. The molecular weight excluding hydrogens is 287 g/mol. The second-order valence-corrected chi connectivity index (χ2v) is 7.16. The fraction of sp³-hybridized carbons (Fsp3) is 0.438. The summed E-state index contributed by atoms with van der Waals surface area (Å²) in [6.45, 7) is 3.97. The summed E-state index contributed by atoms with van der Waals surface area (Å²) in [6.07, 6.45) is 3.50. The summed E-state index contributed by atoms with van der Waals surface area (Å²) in [5.41, 5.74) is 2.77. The predicted molar refractivity (Wildman–Crippen MR) is 77.6 cm³/mol. The molecule has 2 rings (SSSR count). The van der Waals surface area contributed by atoms with Crippen molar-refractivity contribution in [1.29, 1.82) is 0 Å². The molecule has 0 heterocycles. The summed E-state index contributed by atoms with van der Waals surface area (Å²) >= 11 is 0.510. The Morgan fingerprint density at radius 1 is 1.33 bits per heavy atom. The van der Waals surface area contributed by atoms with Gasteiger partial charge in [0.25, 0.3) is 0 Å². The van der Waals surface area contributed by atoms with E-state index in [0.717, 1.165) is 6.42 Å². The number of benzene rings is 1. The third kappa shape index (κ3) is 2.93. The number of carbonyl (C=O) groups excluding carboxylic acids is 1. The van der Waals surface area contributed by atoms with Gasteiger partial charge in [-0.05, 0) is 0 Å². The van der Waals surface area contributed by atoms with Crippen LogP contribution in [0.2, 0.25) is 5.32 Å². The third-order valence-electron chi connectivity index (χ3n) is 3.39. The van der Waals surface area contributed by atoms with E-state index in [-0.39, 0.29) is 5.92 Å². The number of allylic oxidation sites excluding steroid dienone is 2. The van der Waals surface area contributed by atoms with Crippen LogP contribution in [0.15, 0.2) is 34.8 Å². The molecule has 0 saturated carbocycles. The third-order valence-corrected chi connectivity index (χ3v) is 6.19. The minimum absolute atomic E-state index is 0.233. The standard InChI is InChI=1S/C16H20OSe/c1-3-4-10-18-16-14(12(2)17)11-15(16)13-8-6-5-7-9-13/h5-9,14H,3-4,10-11H2,1-2H3. The summed E-state index contributed by atoms with van der Waals surface area (Å²) in [5, 5.41) is 1.28. The van der Waals surface area contributed by atoms with E-state index in [0.29, 0.717) is 20.7 Å². The Morgan fingerprint density at radius 2 is 2.06 bits per heavy atom. The Balaban J connectivity index is 2.17. The van der Waals surface area contributed by atoms with Crippen molar-refractivity contribution >= 4 is 26.3 Å². The van der Waals surface area contributed by atoms with Crippen LogP contribution in [0.4, 0.5) is 0 Å². The van der Waals surface area contributed by atoms with E-state index in [1.165, 1.54) is 33.8 Å². The Morgan fingerprint density at radius 3 is 2.67 bits per heavy atom. The van der Waals surface area contributed by atoms with E-state index in [1.807, 2.05) is 6.07 Å². The summed E-state index contributed by atoms with van der Waals surface area (Å²) in [5.74, 6) is 0.583. The average Bonchev–Trinajstić information content (AvgIpc) is 2.34. The summed E-state index contributed by atoms with van der Waals surface area (Å²) in [6, 6.07) is 10.6. The molecule has 1 aromatic carbocycles. The van der Waals surface area contributed by atoms with E-state index in [9.17, 15) is 4.79 Å². The van der Waals surface area contributed by atoms with Crippen LogP contribution in [0.1, 0.15) is 38.7 Å². The number of hydrogen-bond donors (Lipinski definition) is 0. The van der Waals surface area contributed by atoms with Crippen LogP contribution in [-0.2, 0) is 4.79 Å². The molecule has 0 aliphatic heterocycles. The molecule has 0 bridgehead atoms. The van der Waals surface area contributed by atoms with Crippen molar-refractivity contribution in [3.05, 3.63) is 40.4 Å². The van der Waals surface area contributed by atoms with E-state index in [4.69, 9.17) is 0 Å². The van der Waals surface area contributed by atoms with Crippen molar-refractivity contribution in [2.45, 2.75) is 38.4 Å². The van der Waals surface area contributed by atoms with Gasteiger partial charge in [-0.15, -0.1) is 0 Å². The van der Waals surface area contributed by atoms with Crippen molar-refractivity contribution in [3.8, 4) is 0 Å². The Bertz CT molecular complexity index is 447. The van der Waals surface area contributed by atoms with Gasteiger partial charge in [0.15, 0.2) is 0 Å². The minimum atomic E-state index is 0.233. The quantitative estimate of drug-likeness (QED) is 0.575. The molecule has 0 spiro atoms. The fourth-order valence-corrected chi connectivity index (χ4v) is 5.32. The number of ketones is 1. The average molecular weight is 307 g/mol. The van der Waals surface area contributed by atoms with Crippen LogP contribution in [0.3, 0.4) is 0 Å². The molecule has 0 radical (unpaired) electrons. The first-order chi connectivity index (χ1) is 8.74. The van der Waals surface area contributed by atoms with Gasteiger partial charge in [-0.2, -0.15) is 0 Å². The first-order valence-electron chi connectivity index (χ1n) is 6.65. The maximum atomic E-state index is 11.6. The van der Waals surface area contributed by atoms with Crippen LogP contribution >= 0.6 is 0 Å². The van der Waals surface area contributed by atoms with E-state index < -0.39 is 0 Å². The van der Waals surface area contributed by atoms with Gasteiger partial charge in [0.2, 0.25) is 0 Å². The molecule has 96 valence electrons. The molecule has 0 saturated heterocycles. The number of unbranched alkanes of at least 4 members (excludes halogenated alkanes) is 1. The van der Waals surface area contributed by atoms with Crippen molar-refractivity contribution < 1.29 is 4.79 Å². The molecule has 0 N–H and O–H groups in total. The van der Waals surface area contributed by atoms with Crippen LogP contribution in [0.25, 0.3) is 5.57 Å². The van der Waals surface area contributed by atoms with Gasteiger partial charge in [-0.3, -0.25) is 0 Å². The van der Waals surface area contributed by atoms with Gasteiger partial charge >= 0.3 is 116 Å². The first-order valence-corrected chi connectivity index (χ1v) is 8.72. The molecule has 2 heteroatoms. The molecule has 1 nitrogen and oxygen atoms in total. The van der Waals surface area contributed by atoms with Crippen LogP contribution in [0, 0.1) is 5.92 Å². The number of carbonyl (C=O) groups is 1. The predicted octanol–water partition coefficient (Wildman–Crippen LogP) is 3.93. The van der Waals surface area contributed by atoms with Crippen LogP contribution in [0.5, 0.6) is 0 Å². The molecular formula is C16H20OSe. The normalized spacial score (nSPS) is 18.7. The van der Waals surface area contributed by atoms with Crippen LogP contribution < -0.4 is 0 Å². The van der Waals surface area contributed by atoms with Crippen LogP contribution in [-0.4, -0.2) is 20.7 Å². The van der Waals surface area contributed by atoms with Crippen molar-refractivity contribution in [3.63, 3.8) is 0 Å². The van der Waals surface area contributed by atoms with Crippen molar-refractivity contribution in [2.24, 2.45) is 5.92 Å². The Kier molecular flexibility index (Phi) is 4.79. The van der Waals surface area contributed by atoms with Gasteiger partial charge < -0.3 is 0 Å². The van der Waals surface area contributed by atoms with Gasteiger partial charge in [-0.25, -0.2) is 0 Å². The second-order valence-electron chi connectivity index (χ2n) is 4.78. The monoisotopic (exact) mass is 308 g/mol. The second kappa shape index (κ2) is 6.36.